The zero-order valence-electron chi connectivity index (χ0n) is 15.4. The van der Waals surface area contributed by atoms with Gasteiger partial charge in [-0.05, 0) is 30.3 Å². The van der Waals surface area contributed by atoms with Crippen LogP contribution >= 0.6 is 0 Å². The Morgan fingerprint density at radius 1 is 1.13 bits per heavy atom. The molecular formula is C20H16F4N2O4. The summed E-state index contributed by atoms with van der Waals surface area (Å²) in [7, 11) is 0. The topological polar surface area (TPSA) is 75.7 Å². The number of nitrogens with one attached hydrogen (secondary N) is 1. The van der Waals surface area contributed by atoms with Gasteiger partial charge in [-0.3, -0.25) is 14.4 Å². The maximum absolute atomic E-state index is 13.9. The normalized spacial score (nSPS) is 16.5. The molecule has 0 bridgehead atoms. The van der Waals surface area contributed by atoms with Gasteiger partial charge in [-0.1, -0.05) is 18.2 Å². The molecule has 1 N–H and O–H groups in total. The highest BCUT2D eigenvalue weighted by Gasteiger charge is 2.37. The third-order valence-electron chi connectivity index (χ3n) is 4.42. The third-order valence-corrected chi connectivity index (χ3v) is 4.42. The van der Waals surface area contributed by atoms with E-state index in [2.05, 4.69) is 5.32 Å². The number of para-hydroxylation sites is 1. The molecule has 1 heterocycles. The number of hydrogen-bond donors (Lipinski definition) is 1. The van der Waals surface area contributed by atoms with Gasteiger partial charge in [-0.15, -0.1) is 0 Å². The molecule has 1 aliphatic heterocycles. The highest BCUT2D eigenvalue weighted by molar-refractivity contribution is 6.00. The number of alkyl halides is 3. The number of amides is 2. The minimum Gasteiger partial charge on any atom is -0.455 e. The Hall–Kier alpha value is -3.43. The molecule has 0 unspecified atom stereocenters. The summed E-state index contributed by atoms with van der Waals surface area (Å²) in [4.78, 5) is 37.3. The van der Waals surface area contributed by atoms with E-state index in [-0.39, 0.29) is 24.3 Å². The Morgan fingerprint density at radius 3 is 2.57 bits per heavy atom. The van der Waals surface area contributed by atoms with Gasteiger partial charge < -0.3 is 15.0 Å². The lowest BCUT2D eigenvalue weighted by molar-refractivity contribution is -0.151. The molecule has 1 saturated heterocycles. The van der Waals surface area contributed by atoms with Gasteiger partial charge in [0.25, 0.3) is 5.91 Å². The van der Waals surface area contributed by atoms with E-state index in [0.717, 1.165) is 23.1 Å². The number of hydrogen-bond acceptors (Lipinski definition) is 4. The van der Waals surface area contributed by atoms with Crippen LogP contribution in [0, 0.1) is 11.7 Å². The van der Waals surface area contributed by atoms with Crippen LogP contribution in [-0.2, 0) is 25.3 Å². The minimum absolute atomic E-state index is 0.0417. The maximum Gasteiger partial charge on any atom is 0.416 e. The smallest absolute Gasteiger partial charge is 0.416 e. The number of benzene rings is 2. The van der Waals surface area contributed by atoms with Crippen molar-refractivity contribution in [1.29, 1.82) is 0 Å². The quantitative estimate of drug-likeness (QED) is 0.590. The second-order valence-corrected chi connectivity index (χ2v) is 6.59. The van der Waals surface area contributed by atoms with Crippen molar-refractivity contribution in [2.45, 2.75) is 12.6 Å². The van der Waals surface area contributed by atoms with Crippen LogP contribution in [0.5, 0.6) is 0 Å². The molecule has 10 heteroatoms. The molecule has 0 spiro atoms. The van der Waals surface area contributed by atoms with Crippen LogP contribution in [0.1, 0.15) is 12.0 Å². The van der Waals surface area contributed by atoms with E-state index in [4.69, 9.17) is 4.74 Å². The molecule has 0 aliphatic carbocycles. The fourth-order valence-electron chi connectivity index (χ4n) is 2.99. The first-order chi connectivity index (χ1) is 14.1. The number of ether oxygens (including phenoxy) is 1. The second kappa shape index (κ2) is 8.52. The molecular weight excluding hydrogens is 408 g/mol. The number of carbonyl (C=O) groups is 3. The second-order valence-electron chi connectivity index (χ2n) is 6.59. The summed E-state index contributed by atoms with van der Waals surface area (Å²) >= 11 is 0. The first-order valence-corrected chi connectivity index (χ1v) is 8.84. The average Bonchev–Trinajstić information content (AvgIpc) is 3.07. The van der Waals surface area contributed by atoms with Crippen molar-refractivity contribution < 1.29 is 36.7 Å². The Labute approximate surface area is 168 Å². The number of carbonyl (C=O) groups excluding carboxylic acids is 3. The molecule has 0 saturated carbocycles. The van der Waals surface area contributed by atoms with E-state index in [1.54, 1.807) is 6.07 Å². The van der Waals surface area contributed by atoms with Crippen molar-refractivity contribution in [2.24, 2.45) is 5.92 Å². The van der Waals surface area contributed by atoms with Crippen molar-refractivity contribution in [1.82, 2.24) is 0 Å². The van der Waals surface area contributed by atoms with Crippen molar-refractivity contribution in [3.63, 3.8) is 0 Å². The SMILES string of the molecule is O=C(COC(=O)[C@@H]1CC(=O)N(c2ccccc2F)C1)Nc1cccc(C(F)(F)F)c1. The van der Waals surface area contributed by atoms with Gasteiger partial charge in [0.05, 0.1) is 17.2 Å². The molecule has 1 fully saturated rings. The molecule has 2 aromatic rings. The lowest BCUT2D eigenvalue weighted by Gasteiger charge is -2.17. The van der Waals surface area contributed by atoms with Gasteiger partial charge in [0.15, 0.2) is 6.61 Å². The zero-order chi connectivity index (χ0) is 21.9. The standard InChI is InChI=1S/C20H16F4N2O4/c21-15-6-1-2-7-16(15)26-10-12(8-18(26)28)19(29)30-11-17(27)25-14-5-3-4-13(9-14)20(22,23)24/h1-7,9,12H,8,10-11H2,(H,25,27)/t12-/m1/s1. The van der Waals surface area contributed by atoms with Crippen molar-refractivity contribution >= 4 is 29.2 Å². The largest absolute Gasteiger partial charge is 0.455 e. The van der Waals surface area contributed by atoms with Crippen LogP contribution in [-0.4, -0.2) is 30.9 Å². The highest BCUT2D eigenvalue weighted by Crippen LogP contribution is 2.31. The van der Waals surface area contributed by atoms with E-state index in [9.17, 15) is 31.9 Å². The predicted molar refractivity (Wildman–Crippen MR) is 97.9 cm³/mol. The van der Waals surface area contributed by atoms with Crippen molar-refractivity contribution in [3.8, 4) is 0 Å². The minimum atomic E-state index is -4.56. The number of esters is 1. The molecule has 6 nitrogen and oxygen atoms in total. The molecule has 0 radical (unpaired) electrons. The van der Waals surface area contributed by atoms with E-state index in [1.165, 1.54) is 24.3 Å². The number of anilines is 2. The van der Waals surface area contributed by atoms with Gasteiger partial charge >= 0.3 is 12.1 Å². The van der Waals surface area contributed by atoms with Gasteiger partial charge in [-0.25, -0.2) is 4.39 Å². The van der Waals surface area contributed by atoms with Gasteiger partial charge in [0.2, 0.25) is 5.91 Å². The molecule has 2 aromatic carbocycles. The molecule has 30 heavy (non-hydrogen) atoms. The molecule has 0 aromatic heterocycles. The summed E-state index contributed by atoms with van der Waals surface area (Å²) in [5.41, 5.74) is -0.997. The highest BCUT2D eigenvalue weighted by atomic mass is 19.4. The lowest BCUT2D eigenvalue weighted by Crippen LogP contribution is -2.28. The van der Waals surface area contributed by atoms with Crippen molar-refractivity contribution in [2.75, 3.05) is 23.4 Å². The summed E-state index contributed by atoms with van der Waals surface area (Å²) in [6, 6.07) is 9.61. The van der Waals surface area contributed by atoms with Gasteiger partial charge in [0, 0.05) is 18.7 Å². The number of nitrogens with zero attached hydrogens (tertiary/aromatic N) is 1. The molecule has 1 atom stereocenters. The van der Waals surface area contributed by atoms with Crippen LogP contribution in [0.25, 0.3) is 0 Å². The summed E-state index contributed by atoms with van der Waals surface area (Å²) in [6.45, 7) is -0.840. The fourth-order valence-corrected chi connectivity index (χ4v) is 2.99. The van der Waals surface area contributed by atoms with Crippen LogP contribution < -0.4 is 10.2 Å². The summed E-state index contributed by atoms with van der Waals surface area (Å²) < 4.78 is 56.9. The monoisotopic (exact) mass is 424 g/mol. The summed E-state index contributed by atoms with van der Waals surface area (Å²) in [5.74, 6) is -3.63. The first-order valence-electron chi connectivity index (χ1n) is 8.84. The fraction of sp³-hybridized carbons (Fsp3) is 0.250. The van der Waals surface area contributed by atoms with Crippen LogP contribution in [0.4, 0.5) is 28.9 Å². The molecule has 2 amide bonds. The predicted octanol–water partition coefficient (Wildman–Crippen LogP) is 3.38. The molecule has 3 rings (SSSR count). The number of rotatable bonds is 5. The summed E-state index contributed by atoms with van der Waals surface area (Å²) in [6.07, 6.45) is -4.77. The zero-order valence-corrected chi connectivity index (χ0v) is 15.4. The Bertz CT molecular complexity index is 977. The van der Waals surface area contributed by atoms with Gasteiger partial charge in [0.1, 0.15) is 5.82 Å². The van der Waals surface area contributed by atoms with Crippen LogP contribution in [0.3, 0.4) is 0 Å². The first kappa shape index (κ1) is 21.3. The van der Waals surface area contributed by atoms with Crippen LogP contribution in [0.2, 0.25) is 0 Å². The van der Waals surface area contributed by atoms with Gasteiger partial charge in [-0.2, -0.15) is 13.2 Å². The summed E-state index contributed by atoms with van der Waals surface area (Å²) in [5, 5.41) is 2.21. The lowest BCUT2D eigenvalue weighted by atomic mass is 10.1. The Morgan fingerprint density at radius 2 is 1.87 bits per heavy atom. The maximum atomic E-state index is 13.9. The van der Waals surface area contributed by atoms with E-state index in [0.29, 0.717) is 0 Å². The van der Waals surface area contributed by atoms with Crippen LogP contribution in [0.15, 0.2) is 48.5 Å². The van der Waals surface area contributed by atoms with Crippen molar-refractivity contribution in [3.05, 3.63) is 59.9 Å². The molecule has 158 valence electrons. The third kappa shape index (κ3) is 4.94. The Balaban J connectivity index is 1.54. The van der Waals surface area contributed by atoms with E-state index < -0.39 is 47.9 Å². The van der Waals surface area contributed by atoms with E-state index in [1.807, 2.05) is 0 Å². The molecule has 1 aliphatic rings. The average molecular weight is 424 g/mol. The van der Waals surface area contributed by atoms with E-state index >= 15 is 0 Å². The Kier molecular flexibility index (Phi) is 6.04. The number of halogens is 4.